The van der Waals surface area contributed by atoms with Crippen molar-refractivity contribution in [1.82, 2.24) is 23.6 Å². The van der Waals surface area contributed by atoms with E-state index in [1.54, 1.807) is 23.7 Å². The van der Waals surface area contributed by atoms with Crippen LogP contribution in [0.2, 0.25) is 10.0 Å². The van der Waals surface area contributed by atoms with Crippen molar-refractivity contribution in [3.63, 3.8) is 0 Å². The summed E-state index contributed by atoms with van der Waals surface area (Å²) in [6.45, 7) is 1.90. The van der Waals surface area contributed by atoms with Crippen LogP contribution in [0.4, 0.5) is 5.95 Å². The van der Waals surface area contributed by atoms with Crippen LogP contribution in [0.5, 0.6) is 0 Å². The summed E-state index contributed by atoms with van der Waals surface area (Å²) in [5.74, 6) is 0.517. The van der Waals surface area contributed by atoms with Gasteiger partial charge in [-0.3, -0.25) is 18.5 Å². The van der Waals surface area contributed by atoms with E-state index < -0.39 is 11.2 Å². The second-order valence-electron chi connectivity index (χ2n) is 7.22. The lowest BCUT2D eigenvalue weighted by atomic mass is 10.2. The van der Waals surface area contributed by atoms with Crippen molar-refractivity contribution in [3.8, 4) is 0 Å². The standard InChI is InChI=1S/C19H24Cl2N6O2/c1-24(2)9-5-8-22-18-23-16-15(17(28)26(4)19(29)25(16)3)27(18)11-12-6-7-13(20)10-14(12)21/h6-7,10H,5,8-9,11H2,1-4H3,(H,22,23). The van der Waals surface area contributed by atoms with Crippen LogP contribution >= 0.6 is 23.2 Å². The summed E-state index contributed by atoms with van der Waals surface area (Å²) < 4.78 is 4.23. The maximum atomic E-state index is 12.9. The van der Waals surface area contributed by atoms with Crippen molar-refractivity contribution >= 4 is 40.3 Å². The molecule has 0 aliphatic rings. The Balaban J connectivity index is 2.11. The first-order chi connectivity index (χ1) is 13.7. The molecule has 0 radical (unpaired) electrons. The number of nitrogens with zero attached hydrogens (tertiary/aromatic N) is 5. The van der Waals surface area contributed by atoms with Crippen LogP contribution in [-0.4, -0.2) is 50.8 Å². The van der Waals surface area contributed by atoms with Crippen molar-refractivity contribution in [2.24, 2.45) is 14.1 Å². The molecule has 0 aliphatic heterocycles. The topological polar surface area (TPSA) is 77.1 Å². The van der Waals surface area contributed by atoms with E-state index in [-0.39, 0.29) is 0 Å². The number of aryl methyl sites for hydroxylation is 1. The van der Waals surface area contributed by atoms with Crippen LogP contribution in [0.3, 0.4) is 0 Å². The molecule has 8 nitrogen and oxygen atoms in total. The molecule has 0 aliphatic carbocycles. The van der Waals surface area contributed by atoms with Gasteiger partial charge in [0.2, 0.25) is 5.95 Å². The average Bonchev–Trinajstić information content (AvgIpc) is 3.02. The minimum Gasteiger partial charge on any atom is -0.356 e. The Morgan fingerprint density at radius 2 is 1.86 bits per heavy atom. The van der Waals surface area contributed by atoms with E-state index in [4.69, 9.17) is 23.2 Å². The molecule has 3 aromatic rings. The van der Waals surface area contributed by atoms with Crippen molar-refractivity contribution in [3.05, 3.63) is 54.6 Å². The van der Waals surface area contributed by atoms with Gasteiger partial charge >= 0.3 is 5.69 Å². The van der Waals surface area contributed by atoms with Crippen molar-refractivity contribution < 1.29 is 0 Å². The molecule has 0 unspecified atom stereocenters. The quantitative estimate of drug-likeness (QED) is 0.571. The molecule has 3 rings (SSSR count). The molecule has 0 fully saturated rings. The molecule has 0 bridgehead atoms. The third kappa shape index (κ3) is 4.34. The third-order valence-electron chi connectivity index (χ3n) is 4.76. The SMILES string of the molecule is CN(C)CCCNc1nc2c(c(=O)n(C)c(=O)n2C)n1Cc1ccc(Cl)cc1Cl. The summed E-state index contributed by atoms with van der Waals surface area (Å²) in [6.07, 6.45) is 0.898. The highest BCUT2D eigenvalue weighted by Crippen LogP contribution is 2.24. The van der Waals surface area contributed by atoms with Gasteiger partial charge in [-0.15, -0.1) is 0 Å². The van der Waals surface area contributed by atoms with Gasteiger partial charge in [0.05, 0.1) is 6.54 Å². The highest BCUT2D eigenvalue weighted by Gasteiger charge is 2.20. The largest absolute Gasteiger partial charge is 0.356 e. The van der Waals surface area contributed by atoms with E-state index in [0.717, 1.165) is 23.1 Å². The van der Waals surface area contributed by atoms with Crippen LogP contribution in [-0.2, 0) is 20.6 Å². The molecule has 0 saturated carbocycles. The molecular weight excluding hydrogens is 415 g/mol. The van der Waals surface area contributed by atoms with Crippen molar-refractivity contribution in [2.45, 2.75) is 13.0 Å². The summed E-state index contributed by atoms with van der Waals surface area (Å²) in [5, 5.41) is 4.33. The first-order valence-electron chi connectivity index (χ1n) is 9.19. The first kappa shape index (κ1) is 21.4. The van der Waals surface area contributed by atoms with E-state index in [1.165, 1.54) is 11.6 Å². The van der Waals surface area contributed by atoms with Gasteiger partial charge in [-0.2, -0.15) is 4.98 Å². The molecular formula is C19H24Cl2N6O2. The van der Waals surface area contributed by atoms with Crippen LogP contribution in [0.15, 0.2) is 27.8 Å². The van der Waals surface area contributed by atoms with E-state index in [0.29, 0.717) is 40.2 Å². The zero-order valence-electron chi connectivity index (χ0n) is 16.9. The number of fused-ring (bicyclic) bond motifs is 1. The predicted octanol–water partition coefficient (Wildman–Crippen LogP) is 2.15. The maximum Gasteiger partial charge on any atom is 0.332 e. The average molecular weight is 439 g/mol. The summed E-state index contributed by atoms with van der Waals surface area (Å²) in [5.41, 5.74) is 0.648. The van der Waals surface area contributed by atoms with E-state index >= 15 is 0 Å². The number of imidazole rings is 1. The van der Waals surface area contributed by atoms with Gasteiger partial charge in [0.1, 0.15) is 0 Å². The molecule has 0 saturated heterocycles. The molecule has 0 amide bonds. The molecule has 2 aromatic heterocycles. The monoisotopic (exact) mass is 438 g/mol. The zero-order chi connectivity index (χ0) is 21.3. The van der Waals surface area contributed by atoms with Crippen molar-refractivity contribution in [2.75, 3.05) is 32.5 Å². The maximum absolute atomic E-state index is 12.9. The first-order valence-corrected chi connectivity index (χ1v) is 9.95. The van der Waals surface area contributed by atoms with Gasteiger partial charge < -0.3 is 10.2 Å². The minimum atomic E-state index is -0.421. The third-order valence-corrected chi connectivity index (χ3v) is 5.34. The molecule has 1 N–H and O–H groups in total. The highest BCUT2D eigenvalue weighted by atomic mass is 35.5. The Kier molecular flexibility index (Phi) is 6.36. The Bertz CT molecular complexity index is 1160. The summed E-state index contributed by atoms with van der Waals surface area (Å²) >= 11 is 12.4. The number of rotatable bonds is 7. The number of benzene rings is 1. The summed E-state index contributed by atoms with van der Waals surface area (Å²) in [6, 6.07) is 5.23. The smallest absolute Gasteiger partial charge is 0.332 e. The lowest BCUT2D eigenvalue weighted by Crippen LogP contribution is -2.37. The molecule has 2 heterocycles. The van der Waals surface area contributed by atoms with Gasteiger partial charge in [0.15, 0.2) is 11.2 Å². The van der Waals surface area contributed by atoms with Crippen molar-refractivity contribution in [1.29, 1.82) is 0 Å². The van der Waals surface area contributed by atoms with Crippen LogP contribution < -0.4 is 16.6 Å². The van der Waals surface area contributed by atoms with Gasteiger partial charge in [0.25, 0.3) is 5.56 Å². The van der Waals surface area contributed by atoms with Crippen LogP contribution in [0.25, 0.3) is 11.2 Å². The number of hydrogen-bond donors (Lipinski definition) is 1. The highest BCUT2D eigenvalue weighted by molar-refractivity contribution is 6.35. The fraction of sp³-hybridized carbons (Fsp3) is 0.421. The number of anilines is 1. The Hall–Kier alpha value is -2.29. The van der Waals surface area contributed by atoms with E-state index in [2.05, 4.69) is 15.2 Å². The fourth-order valence-corrected chi connectivity index (χ4v) is 3.62. The number of aromatic nitrogens is 4. The normalized spacial score (nSPS) is 11.6. The Morgan fingerprint density at radius 3 is 2.52 bits per heavy atom. The van der Waals surface area contributed by atoms with E-state index in [1.807, 2.05) is 20.2 Å². The second-order valence-corrected chi connectivity index (χ2v) is 8.06. The number of nitrogens with one attached hydrogen (secondary N) is 1. The van der Waals surface area contributed by atoms with Crippen LogP contribution in [0.1, 0.15) is 12.0 Å². The zero-order valence-corrected chi connectivity index (χ0v) is 18.4. The predicted molar refractivity (Wildman–Crippen MR) is 117 cm³/mol. The Morgan fingerprint density at radius 1 is 1.14 bits per heavy atom. The molecule has 10 heteroatoms. The lowest BCUT2D eigenvalue weighted by molar-refractivity contribution is 0.405. The molecule has 156 valence electrons. The summed E-state index contributed by atoms with van der Waals surface area (Å²) in [4.78, 5) is 31.9. The minimum absolute atomic E-state index is 0.315. The summed E-state index contributed by atoms with van der Waals surface area (Å²) in [7, 11) is 7.09. The fourth-order valence-electron chi connectivity index (χ4n) is 3.15. The van der Waals surface area contributed by atoms with Gasteiger partial charge in [-0.1, -0.05) is 29.3 Å². The van der Waals surface area contributed by atoms with Gasteiger partial charge in [0, 0.05) is 30.7 Å². The van der Waals surface area contributed by atoms with Gasteiger partial charge in [-0.05, 0) is 44.8 Å². The van der Waals surface area contributed by atoms with E-state index in [9.17, 15) is 9.59 Å². The molecule has 29 heavy (non-hydrogen) atoms. The van der Waals surface area contributed by atoms with Gasteiger partial charge in [-0.25, -0.2) is 4.79 Å². The lowest BCUT2D eigenvalue weighted by Gasteiger charge is -2.13. The Labute approximate surface area is 178 Å². The number of hydrogen-bond acceptors (Lipinski definition) is 5. The van der Waals surface area contributed by atoms with Crippen LogP contribution in [0, 0.1) is 0 Å². The number of halogens is 2. The molecule has 0 atom stereocenters. The molecule has 1 aromatic carbocycles. The second kappa shape index (κ2) is 8.61. The molecule has 0 spiro atoms.